The first-order valence-electron chi connectivity index (χ1n) is 4.95. The molecule has 0 spiro atoms. The van der Waals surface area contributed by atoms with Gasteiger partial charge in [-0.15, -0.1) is 0 Å². The third-order valence-electron chi connectivity index (χ3n) is 2.03. The molecule has 5 nitrogen and oxygen atoms in total. The van der Waals surface area contributed by atoms with E-state index in [4.69, 9.17) is 4.74 Å². The van der Waals surface area contributed by atoms with Crippen molar-refractivity contribution in [3.63, 3.8) is 0 Å². The molecule has 0 saturated heterocycles. The average molecular weight is 217 g/mol. The lowest BCUT2D eigenvalue weighted by Gasteiger charge is -1.93. The Hall–Kier alpha value is -2.17. The Morgan fingerprint density at radius 2 is 2.50 bits per heavy atom. The van der Waals surface area contributed by atoms with E-state index in [9.17, 15) is 4.79 Å². The summed E-state index contributed by atoms with van der Waals surface area (Å²) in [5.41, 5.74) is 1.38. The highest BCUT2D eigenvalue weighted by Crippen LogP contribution is 2.13. The van der Waals surface area contributed by atoms with Gasteiger partial charge in [-0.25, -0.2) is 9.78 Å². The zero-order valence-electron chi connectivity index (χ0n) is 8.80. The monoisotopic (exact) mass is 217 g/mol. The minimum atomic E-state index is -0.373. The van der Waals surface area contributed by atoms with Crippen molar-refractivity contribution in [2.45, 2.75) is 6.92 Å². The fourth-order valence-electron chi connectivity index (χ4n) is 1.34. The van der Waals surface area contributed by atoms with E-state index < -0.39 is 0 Å². The van der Waals surface area contributed by atoms with E-state index in [1.165, 1.54) is 6.08 Å². The van der Waals surface area contributed by atoms with E-state index in [-0.39, 0.29) is 5.97 Å². The fraction of sp³-hybridized carbons (Fsp3) is 0.182. The van der Waals surface area contributed by atoms with Crippen LogP contribution in [0.1, 0.15) is 12.6 Å². The van der Waals surface area contributed by atoms with Gasteiger partial charge in [0.25, 0.3) is 0 Å². The Balaban J connectivity index is 2.24. The molecule has 0 bridgehead atoms. The zero-order valence-corrected chi connectivity index (χ0v) is 8.80. The van der Waals surface area contributed by atoms with Gasteiger partial charge >= 0.3 is 5.97 Å². The summed E-state index contributed by atoms with van der Waals surface area (Å²) < 4.78 is 4.77. The van der Waals surface area contributed by atoms with Gasteiger partial charge in [-0.05, 0) is 25.1 Å². The predicted molar refractivity (Wildman–Crippen MR) is 59.6 cm³/mol. The molecule has 2 heterocycles. The molecule has 2 aromatic rings. The number of nitrogens with zero attached hydrogens (tertiary/aromatic N) is 2. The molecular weight excluding hydrogens is 206 g/mol. The molecule has 0 amide bonds. The van der Waals surface area contributed by atoms with Gasteiger partial charge in [-0.3, -0.25) is 5.10 Å². The second kappa shape index (κ2) is 4.57. The minimum Gasteiger partial charge on any atom is -0.463 e. The van der Waals surface area contributed by atoms with E-state index in [1.807, 2.05) is 12.1 Å². The predicted octanol–water partition coefficient (Wildman–Crippen LogP) is 1.53. The van der Waals surface area contributed by atoms with Crippen molar-refractivity contribution in [2.24, 2.45) is 0 Å². The topological polar surface area (TPSA) is 67.9 Å². The SMILES string of the molecule is CCOC(=O)/C=C/c1n[nH]c2ncccc12. The Bertz CT molecular complexity index is 531. The number of nitrogens with one attached hydrogen (secondary N) is 1. The number of pyridine rings is 1. The summed E-state index contributed by atoms with van der Waals surface area (Å²) in [6.07, 6.45) is 4.64. The van der Waals surface area contributed by atoms with Crippen LogP contribution in [0.3, 0.4) is 0 Å². The van der Waals surface area contributed by atoms with Crippen LogP contribution < -0.4 is 0 Å². The lowest BCUT2D eigenvalue weighted by Crippen LogP contribution is -1.98. The summed E-state index contributed by atoms with van der Waals surface area (Å²) in [6.45, 7) is 2.13. The Morgan fingerprint density at radius 1 is 1.62 bits per heavy atom. The Labute approximate surface area is 92.1 Å². The van der Waals surface area contributed by atoms with Gasteiger partial charge in [-0.2, -0.15) is 5.10 Å². The van der Waals surface area contributed by atoms with E-state index in [0.717, 1.165) is 5.39 Å². The molecule has 82 valence electrons. The van der Waals surface area contributed by atoms with Gasteiger partial charge in [0.2, 0.25) is 0 Å². The number of rotatable bonds is 3. The van der Waals surface area contributed by atoms with Crippen LogP contribution in [-0.4, -0.2) is 27.8 Å². The number of hydrogen-bond acceptors (Lipinski definition) is 4. The van der Waals surface area contributed by atoms with Crippen LogP contribution in [0.2, 0.25) is 0 Å². The fourth-order valence-corrected chi connectivity index (χ4v) is 1.34. The number of aromatic amines is 1. The van der Waals surface area contributed by atoms with Crippen molar-refractivity contribution in [3.8, 4) is 0 Å². The molecule has 1 N–H and O–H groups in total. The zero-order chi connectivity index (χ0) is 11.4. The maximum atomic E-state index is 11.1. The van der Waals surface area contributed by atoms with Crippen LogP contribution in [0, 0.1) is 0 Å². The quantitative estimate of drug-likeness (QED) is 0.625. The largest absolute Gasteiger partial charge is 0.463 e. The van der Waals surface area contributed by atoms with Gasteiger partial charge in [0.15, 0.2) is 5.65 Å². The number of carbonyl (C=O) groups is 1. The summed E-state index contributed by atoms with van der Waals surface area (Å²) in [5, 5.41) is 7.70. The van der Waals surface area contributed by atoms with Gasteiger partial charge < -0.3 is 4.74 Å². The average Bonchev–Trinajstić information content (AvgIpc) is 2.70. The van der Waals surface area contributed by atoms with E-state index in [2.05, 4.69) is 15.2 Å². The lowest BCUT2D eigenvalue weighted by molar-refractivity contribution is -0.137. The summed E-state index contributed by atoms with van der Waals surface area (Å²) in [6, 6.07) is 3.70. The lowest BCUT2D eigenvalue weighted by atomic mass is 10.2. The molecule has 0 aliphatic heterocycles. The van der Waals surface area contributed by atoms with E-state index >= 15 is 0 Å². The Kier molecular flexibility index (Phi) is 2.95. The third kappa shape index (κ3) is 2.08. The van der Waals surface area contributed by atoms with Gasteiger partial charge in [0.1, 0.15) is 0 Å². The number of carbonyl (C=O) groups excluding carboxylic acids is 1. The molecule has 0 radical (unpaired) electrons. The van der Waals surface area contributed by atoms with Crippen LogP contribution in [0.5, 0.6) is 0 Å². The van der Waals surface area contributed by atoms with Crippen molar-refractivity contribution >= 4 is 23.1 Å². The van der Waals surface area contributed by atoms with Gasteiger partial charge in [0, 0.05) is 17.7 Å². The standard InChI is InChI=1S/C11H11N3O2/c1-2-16-10(15)6-5-9-8-4-3-7-12-11(8)14-13-9/h3-7H,2H2,1H3,(H,12,13,14)/b6-5+. The molecule has 16 heavy (non-hydrogen) atoms. The first kappa shape index (κ1) is 10.4. The van der Waals surface area contributed by atoms with Crippen LogP contribution in [-0.2, 0) is 9.53 Å². The summed E-state index contributed by atoms with van der Waals surface area (Å²) >= 11 is 0. The van der Waals surface area contributed by atoms with E-state index in [0.29, 0.717) is 17.9 Å². The highest BCUT2D eigenvalue weighted by molar-refractivity contribution is 5.91. The first-order chi connectivity index (χ1) is 7.81. The van der Waals surface area contributed by atoms with Crippen molar-refractivity contribution in [1.29, 1.82) is 0 Å². The summed E-state index contributed by atoms with van der Waals surface area (Å²) in [5.74, 6) is -0.373. The normalized spacial score (nSPS) is 11.1. The van der Waals surface area contributed by atoms with Gasteiger partial charge in [-0.1, -0.05) is 0 Å². The number of esters is 1. The molecular formula is C11H11N3O2. The molecule has 5 heteroatoms. The molecule has 0 unspecified atom stereocenters. The second-order valence-corrected chi connectivity index (χ2v) is 3.09. The van der Waals surface area contributed by atoms with E-state index in [1.54, 1.807) is 19.2 Å². The molecule has 0 saturated carbocycles. The van der Waals surface area contributed by atoms with Crippen molar-refractivity contribution in [1.82, 2.24) is 15.2 Å². The molecule has 2 aromatic heterocycles. The summed E-state index contributed by atoms with van der Waals surface area (Å²) in [4.78, 5) is 15.2. The maximum absolute atomic E-state index is 11.1. The third-order valence-corrected chi connectivity index (χ3v) is 2.03. The Morgan fingerprint density at radius 3 is 3.31 bits per heavy atom. The van der Waals surface area contributed by atoms with Crippen molar-refractivity contribution in [3.05, 3.63) is 30.1 Å². The van der Waals surface area contributed by atoms with Crippen molar-refractivity contribution in [2.75, 3.05) is 6.61 Å². The number of hydrogen-bond donors (Lipinski definition) is 1. The summed E-state index contributed by atoms with van der Waals surface area (Å²) in [7, 11) is 0. The van der Waals surface area contributed by atoms with Crippen LogP contribution in [0.4, 0.5) is 0 Å². The minimum absolute atomic E-state index is 0.367. The second-order valence-electron chi connectivity index (χ2n) is 3.09. The number of H-pyrrole nitrogens is 1. The van der Waals surface area contributed by atoms with Gasteiger partial charge in [0.05, 0.1) is 12.3 Å². The number of aromatic nitrogens is 3. The maximum Gasteiger partial charge on any atom is 0.330 e. The van der Waals surface area contributed by atoms with Crippen molar-refractivity contribution < 1.29 is 9.53 Å². The number of fused-ring (bicyclic) bond motifs is 1. The molecule has 0 aliphatic carbocycles. The van der Waals surface area contributed by atoms with Crippen LogP contribution in [0.15, 0.2) is 24.4 Å². The molecule has 0 aliphatic rings. The smallest absolute Gasteiger partial charge is 0.330 e. The highest BCUT2D eigenvalue weighted by Gasteiger charge is 2.02. The first-order valence-corrected chi connectivity index (χ1v) is 4.95. The van der Waals surface area contributed by atoms with Crippen LogP contribution >= 0.6 is 0 Å². The highest BCUT2D eigenvalue weighted by atomic mass is 16.5. The molecule has 0 atom stereocenters. The number of ether oxygens (including phenoxy) is 1. The van der Waals surface area contributed by atoms with Crippen LogP contribution in [0.25, 0.3) is 17.1 Å². The molecule has 0 aromatic carbocycles. The molecule has 2 rings (SSSR count). The molecule has 0 fully saturated rings.